The molecule has 1 fully saturated rings. The molecule has 4 N–H and O–H groups in total. The van der Waals surface area contributed by atoms with Gasteiger partial charge in [0.05, 0.1) is 11.9 Å². The Morgan fingerprint density at radius 1 is 1.03 bits per heavy atom. The van der Waals surface area contributed by atoms with Crippen LogP contribution in [-0.4, -0.2) is 38.5 Å². The van der Waals surface area contributed by atoms with Gasteiger partial charge in [-0.1, -0.05) is 29.8 Å². The summed E-state index contributed by atoms with van der Waals surface area (Å²) in [7, 11) is -2.29. The van der Waals surface area contributed by atoms with Crippen molar-refractivity contribution in [3.05, 3.63) is 64.8 Å². The van der Waals surface area contributed by atoms with Crippen molar-refractivity contribution in [3.8, 4) is 0 Å². The minimum atomic E-state index is -3.66. The molecule has 8 nitrogen and oxygen atoms in total. The van der Waals surface area contributed by atoms with E-state index in [9.17, 15) is 8.42 Å². The third-order valence-electron chi connectivity index (χ3n) is 6.31. The number of para-hydroxylation sites is 1. The Bertz CT molecular complexity index is 1300. The fraction of sp³-hybridized carbons (Fsp3) is 0.304. The first-order valence-corrected chi connectivity index (χ1v) is 12.7. The summed E-state index contributed by atoms with van der Waals surface area (Å²) in [4.78, 5) is 8.91. The lowest BCUT2D eigenvalue weighted by atomic mass is 9.78. The van der Waals surface area contributed by atoms with Crippen molar-refractivity contribution in [3.63, 3.8) is 0 Å². The first-order valence-electron chi connectivity index (χ1n) is 10.9. The maximum absolute atomic E-state index is 12.4. The molecule has 2 atom stereocenters. The molecule has 0 radical (unpaired) electrons. The third kappa shape index (κ3) is 4.41. The highest BCUT2D eigenvalue weighted by Crippen LogP contribution is 2.41. The summed E-state index contributed by atoms with van der Waals surface area (Å²) >= 11 is 6.32. The molecule has 1 saturated heterocycles. The molecule has 3 aromatic rings. The van der Waals surface area contributed by atoms with E-state index < -0.39 is 10.0 Å². The summed E-state index contributed by atoms with van der Waals surface area (Å²) in [5.74, 6) is 1.78. The van der Waals surface area contributed by atoms with Gasteiger partial charge in [-0.05, 0) is 67.1 Å². The Morgan fingerprint density at radius 3 is 2.58 bits per heavy atom. The molecule has 172 valence electrons. The van der Waals surface area contributed by atoms with E-state index in [4.69, 9.17) is 11.6 Å². The number of anilines is 4. The molecule has 1 aromatic heterocycles. The molecule has 0 saturated carbocycles. The van der Waals surface area contributed by atoms with Crippen LogP contribution in [0.4, 0.5) is 23.1 Å². The number of halogens is 1. The maximum Gasteiger partial charge on any atom is 0.242 e. The lowest BCUT2D eigenvalue weighted by molar-refractivity contribution is 0.549. The largest absolute Gasteiger partial charge is 0.338 e. The number of sulfonamides is 1. The number of rotatable bonds is 6. The van der Waals surface area contributed by atoms with E-state index in [-0.39, 0.29) is 9.92 Å². The lowest BCUT2D eigenvalue weighted by Crippen LogP contribution is -2.19. The van der Waals surface area contributed by atoms with E-state index in [2.05, 4.69) is 48.8 Å². The molecule has 3 aliphatic rings. The van der Waals surface area contributed by atoms with Gasteiger partial charge in [0.25, 0.3) is 0 Å². The molecule has 0 amide bonds. The van der Waals surface area contributed by atoms with Crippen molar-refractivity contribution in [2.45, 2.75) is 29.6 Å². The van der Waals surface area contributed by atoms with Crippen molar-refractivity contribution in [2.75, 3.05) is 30.8 Å². The van der Waals surface area contributed by atoms with E-state index in [1.54, 1.807) is 18.2 Å². The zero-order chi connectivity index (χ0) is 23.0. The van der Waals surface area contributed by atoms with E-state index in [0.29, 0.717) is 29.3 Å². The lowest BCUT2D eigenvalue weighted by Gasteiger charge is -2.27. The summed E-state index contributed by atoms with van der Waals surface area (Å²) in [6.07, 6.45) is 3.93. The van der Waals surface area contributed by atoms with Gasteiger partial charge in [-0.15, -0.1) is 0 Å². The Hall–Kier alpha value is -2.72. The minimum absolute atomic E-state index is 0.103. The van der Waals surface area contributed by atoms with Gasteiger partial charge in [0, 0.05) is 18.8 Å². The zero-order valence-electron chi connectivity index (χ0n) is 18.1. The molecule has 2 aromatic carbocycles. The fourth-order valence-electron chi connectivity index (χ4n) is 4.63. The van der Waals surface area contributed by atoms with Crippen LogP contribution in [0.3, 0.4) is 0 Å². The monoisotopic (exact) mass is 484 g/mol. The quantitative estimate of drug-likeness (QED) is 0.417. The van der Waals surface area contributed by atoms with Gasteiger partial charge in [-0.2, -0.15) is 4.98 Å². The highest BCUT2D eigenvalue weighted by molar-refractivity contribution is 7.89. The predicted octanol–water partition coefficient (Wildman–Crippen LogP) is 4.09. The minimum Gasteiger partial charge on any atom is -0.338 e. The number of hydrogen-bond acceptors (Lipinski definition) is 7. The zero-order valence-corrected chi connectivity index (χ0v) is 19.7. The van der Waals surface area contributed by atoms with Gasteiger partial charge in [-0.3, -0.25) is 0 Å². The van der Waals surface area contributed by atoms with Crippen LogP contribution in [0.1, 0.15) is 35.8 Å². The van der Waals surface area contributed by atoms with Crippen LogP contribution in [0, 0.1) is 0 Å². The molecule has 6 rings (SSSR count). The van der Waals surface area contributed by atoms with E-state index in [1.165, 1.54) is 43.3 Å². The van der Waals surface area contributed by atoms with Gasteiger partial charge in [-0.25, -0.2) is 18.1 Å². The highest BCUT2D eigenvalue weighted by Gasteiger charge is 2.30. The summed E-state index contributed by atoms with van der Waals surface area (Å²) in [6, 6.07) is 13.0. The van der Waals surface area contributed by atoms with Crippen LogP contribution in [0.25, 0.3) is 0 Å². The second-order valence-electron chi connectivity index (χ2n) is 8.32. The second kappa shape index (κ2) is 8.90. The molecule has 33 heavy (non-hydrogen) atoms. The van der Waals surface area contributed by atoms with Crippen molar-refractivity contribution < 1.29 is 8.42 Å². The van der Waals surface area contributed by atoms with Crippen molar-refractivity contribution in [1.29, 1.82) is 0 Å². The maximum atomic E-state index is 12.4. The van der Waals surface area contributed by atoms with Gasteiger partial charge >= 0.3 is 0 Å². The summed E-state index contributed by atoms with van der Waals surface area (Å²) in [5.41, 5.74) is 4.10. The molecule has 0 spiro atoms. The molecule has 2 bridgehead atoms. The third-order valence-corrected chi connectivity index (χ3v) is 8.06. The average Bonchev–Trinajstić information content (AvgIpc) is 3.16. The Morgan fingerprint density at radius 2 is 1.79 bits per heavy atom. The number of nitrogens with zero attached hydrogens (tertiary/aromatic N) is 2. The highest BCUT2D eigenvalue weighted by atomic mass is 35.5. The molecular weight excluding hydrogens is 460 g/mol. The van der Waals surface area contributed by atoms with Crippen molar-refractivity contribution in [1.82, 2.24) is 20.0 Å². The van der Waals surface area contributed by atoms with E-state index in [1.807, 2.05) is 0 Å². The van der Waals surface area contributed by atoms with E-state index >= 15 is 0 Å². The Kier molecular flexibility index (Phi) is 5.96. The summed E-state index contributed by atoms with van der Waals surface area (Å²) in [5, 5.41) is 10.2. The molecule has 1 aliphatic carbocycles. The average molecular weight is 485 g/mol. The Labute approximate surface area is 198 Å². The van der Waals surface area contributed by atoms with Crippen LogP contribution < -0.4 is 20.7 Å². The number of benzene rings is 2. The SMILES string of the molecule is CNS(=O)(=O)c1ccccc1Nc1nc(Nc2ccc3c(c2)C2CCC3CNC2)ncc1Cl. The standard InChI is InChI=1S/C23H25ClN6O2S/c1-25-33(31,32)21-5-3-2-4-20(21)29-22-19(24)13-27-23(30-22)28-16-8-9-17-14-6-7-15(12-26-11-14)18(17)10-16/h2-5,8-10,13-15,25-26H,6-7,11-12H2,1H3,(H2,27,28,29,30). The first kappa shape index (κ1) is 22.1. The number of fused-ring (bicyclic) bond motifs is 3. The number of hydrogen-bond donors (Lipinski definition) is 4. The van der Waals surface area contributed by atoms with Crippen LogP contribution >= 0.6 is 11.6 Å². The second-order valence-corrected chi connectivity index (χ2v) is 10.6. The number of aromatic nitrogens is 2. The van der Waals surface area contributed by atoms with E-state index in [0.717, 1.165) is 18.8 Å². The summed E-state index contributed by atoms with van der Waals surface area (Å²) in [6.45, 7) is 2.05. The molecule has 2 unspecified atom stereocenters. The van der Waals surface area contributed by atoms with Crippen LogP contribution in [0.15, 0.2) is 53.6 Å². The molecule has 2 aliphatic heterocycles. The van der Waals surface area contributed by atoms with Crippen molar-refractivity contribution >= 4 is 44.8 Å². The first-order chi connectivity index (χ1) is 15.9. The number of nitrogens with one attached hydrogen (secondary N) is 4. The van der Waals surface area contributed by atoms with Gasteiger partial charge < -0.3 is 16.0 Å². The Balaban J connectivity index is 1.42. The van der Waals surface area contributed by atoms with Crippen molar-refractivity contribution in [2.24, 2.45) is 0 Å². The normalized spacial score (nSPS) is 19.6. The van der Waals surface area contributed by atoms with Gasteiger partial charge in [0.2, 0.25) is 16.0 Å². The van der Waals surface area contributed by atoms with Crippen LogP contribution in [0.2, 0.25) is 5.02 Å². The molecular formula is C23H25ClN6O2S. The smallest absolute Gasteiger partial charge is 0.242 e. The molecule has 3 heterocycles. The van der Waals surface area contributed by atoms with Crippen LogP contribution in [-0.2, 0) is 10.0 Å². The topological polar surface area (TPSA) is 108 Å². The van der Waals surface area contributed by atoms with Gasteiger partial charge in [0.1, 0.15) is 9.92 Å². The van der Waals surface area contributed by atoms with Gasteiger partial charge in [0.15, 0.2) is 5.82 Å². The van der Waals surface area contributed by atoms with Crippen LogP contribution in [0.5, 0.6) is 0 Å². The predicted molar refractivity (Wildman–Crippen MR) is 130 cm³/mol. The summed E-state index contributed by atoms with van der Waals surface area (Å²) < 4.78 is 27.1. The molecule has 10 heteroatoms. The fourth-order valence-corrected chi connectivity index (χ4v) is 5.66.